The summed E-state index contributed by atoms with van der Waals surface area (Å²) in [6, 6.07) is 5.00. The van der Waals surface area contributed by atoms with Gasteiger partial charge in [0.1, 0.15) is 0 Å². The van der Waals surface area contributed by atoms with E-state index in [1.807, 2.05) is 16.7 Å². The van der Waals surface area contributed by atoms with Gasteiger partial charge >= 0.3 is 6.61 Å². The molecule has 128 valence electrons. The zero-order chi connectivity index (χ0) is 16.7. The fraction of sp³-hybridized carbons (Fsp3) is 0.533. The number of para-hydroxylation sites is 1. The van der Waals surface area contributed by atoms with Gasteiger partial charge in [0, 0.05) is 30.2 Å². The molecule has 0 spiro atoms. The highest BCUT2D eigenvalue weighted by Gasteiger charge is 2.16. The number of nitrogens with two attached hydrogens (primary N) is 1. The molecule has 23 heavy (non-hydrogen) atoms. The highest BCUT2D eigenvalue weighted by molar-refractivity contribution is 7.99. The molecule has 1 aromatic rings. The molecule has 0 bridgehead atoms. The van der Waals surface area contributed by atoms with Crippen LogP contribution in [-0.2, 0) is 6.54 Å². The first kappa shape index (κ1) is 17.7. The molecular weight excluding hydrogens is 324 g/mol. The lowest BCUT2D eigenvalue weighted by Gasteiger charge is -2.27. The Hall–Kier alpha value is -1.70. The molecule has 0 radical (unpaired) electrons. The maximum absolute atomic E-state index is 12.7. The molecule has 1 aromatic carbocycles. The van der Waals surface area contributed by atoms with Crippen LogP contribution in [0.15, 0.2) is 23.2 Å². The quantitative estimate of drug-likeness (QED) is 0.634. The summed E-state index contributed by atoms with van der Waals surface area (Å²) < 4.78 is 35.3. The van der Waals surface area contributed by atoms with E-state index < -0.39 is 6.61 Å². The Morgan fingerprint density at radius 3 is 2.78 bits per heavy atom. The molecule has 0 aliphatic carbocycles. The van der Waals surface area contributed by atoms with Crippen molar-refractivity contribution in [3.05, 3.63) is 23.8 Å². The van der Waals surface area contributed by atoms with Crippen LogP contribution >= 0.6 is 11.8 Å². The molecule has 8 heteroatoms. The summed E-state index contributed by atoms with van der Waals surface area (Å²) in [5.41, 5.74) is 6.51. The molecule has 5 nitrogen and oxygen atoms in total. The summed E-state index contributed by atoms with van der Waals surface area (Å²) in [5.74, 6) is 2.75. The second-order valence-electron chi connectivity index (χ2n) is 4.83. The van der Waals surface area contributed by atoms with Gasteiger partial charge in [-0.25, -0.2) is 4.99 Å². The van der Waals surface area contributed by atoms with Crippen LogP contribution in [0, 0.1) is 0 Å². The largest absolute Gasteiger partial charge is 0.490 e. The lowest BCUT2D eigenvalue weighted by atomic mass is 10.2. The maximum atomic E-state index is 12.7. The van der Waals surface area contributed by atoms with Crippen LogP contribution in [0.2, 0.25) is 0 Å². The summed E-state index contributed by atoms with van der Waals surface area (Å²) in [5, 5.41) is 0. The van der Waals surface area contributed by atoms with Crippen molar-refractivity contribution in [3.8, 4) is 11.5 Å². The van der Waals surface area contributed by atoms with E-state index in [9.17, 15) is 8.78 Å². The van der Waals surface area contributed by atoms with Crippen molar-refractivity contribution in [2.75, 3.05) is 31.2 Å². The first-order valence-corrected chi connectivity index (χ1v) is 8.59. The van der Waals surface area contributed by atoms with E-state index in [0.717, 1.165) is 24.6 Å². The van der Waals surface area contributed by atoms with E-state index in [1.165, 1.54) is 0 Å². The number of nitrogens with zero attached hydrogens (tertiary/aromatic N) is 2. The van der Waals surface area contributed by atoms with Crippen molar-refractivity contribution < 1.29 is 18.3 Å². The molecule has 0 aromatic heterocycles. The van der Waals surface area contributed by atoms with Crippen molar-refractivity contribution >= 4 is 17.7 Å². The van der Waals surface area contributed by atoms with Gasteiger partial charge in [0.25, 0.3) is 0 Å². The van der Waals surface area contributed by atoms with E-state index in [-0.39, 0.29) is 18.0 Å². The average Bonchev–Trinajstić information content (AvgIpc) is 2.55. The van der Waals surface area contributed by atoms with Crippen molar-refractivity contribution in [1.82, 2.24) is 4.90 Å². The third kappa shape index (κ3) is 5.16. The van der Waals surface area contributed by atoms with E-state index in [0.29, 0.717) is 18.1 Å². The predicted molar refractivity (Wildman–Crippen MR) is 88.5 cm³/mol. The fourth-order valence-corrected chi connectivity index (χ4v) is 3.14. The average molecular weight is 345 g/mol. The number of hydrogen-bond acceptors (Lipinski definition) is 4. The van der Waals surface area contributed by atoms with Crippen LogP contribution in [0.4, 0.5) is 8.78 Å². The zero-order valence-electron chi connectivity index (χ0n) is 13.0. The van der Waals surface area contributed by atoms with Crippen LogP contribution in [0.25, 0.3) is 0 Å². The van der Waals surface area contributed by atoms with Gasteiger partial charge in [-0.2, -0.15) is 20.5 Å². The highest BCUT2D eigenvalue weighted by Crippen LogP contribution is 2.33. The van der Waals surface area contributed by atoms with Gasteiger partial charge in [0.05, 0.1) is 13.2 Å². The van der Waals surface area contributed by atoms with Crippen molar-refractivity contribution in [3.63, 3.8) is 0 Å². The maximum Gasteiger partial charge on any atom is 0.387 e. The molecule has 1 saturated heterocycles. The van der Waals surface area contributed by atoms with Crippen molar-refractivity contribution in [1.29, 1.82) is 0 Å². The number of guanidine groups is 1. The van der Waals surface area contributed by atoms with Crippen LogP contribution in [0.3, 0.4) is 0 Å². The minimum absolute atomic E-state index is 0.0232. The normalized spacial score (nSPS) is 15.8. The van der Waals surface area contributed by atoms with Gasteiger partial charge < -0.3 is 20.1 Å². The van der Waals surface area contributed by atoms with Gasteiger partial charge in [-0.15, -0.1) is 0 Å². The minimum atomic E-state index is -2.92. The third-order valence-corrected chi connectivity index (χ3v) is 4.26. The molecule has 0 amide bonds. The number of thioether (sulfide) groups is 1. The minimum Gasteiger partial charge on any atom is -0.490 e. The predicted octanol–water partition coefficient (Wildman–Crippen LogP) is 2.55. The van der Waals surface area contributed by atoms with Gasteiger partial charge in [0.2, 0.25) is 0 Å². The Labute approximate surface area is 138 Å². The Kier molecular flexibility index (Phi) is 6.76. The third-order valence-electron chi connectivity index (χ3n) is 3.31. The van der Waals surface area contributed by atoms with E-state index in [2.05, 4.69) is 9.73 Å². The Balaban J connectivity index is 2.15. The first-order chi connectivity index (χ1) is 11.1. The molecule has 1 heterocycles. The molecule has 0 saturated carbocycles. The number of benzene rings is 1. The number of halogens is 2. The molecular formula is C15H21F2N3O2S. The molecule has 1 aliphatic rings. The Bertz CT molecular complexity index is 537. The molecule has 0 unspecified atom stereocenters. The standard InChI is InChI=1S/C15H21F2N3O2S/c1-2-21-12-5-3-4-11(13(12)22-14(16)17)10-19-15(18)20-6-8-23-9-7-20/h3-5,14H,2,6-10H2,1H3,(H2,18,19). The van der Waals surface area contributed by atoms with Crippen LogP contribution in [0.5, 0.6) is 11.5 Å². The summed E-state index contributed by atoms with van der Waals surface area (Å²) in [4.78, 5) is 6.31. The highest BCUT2D eigenvalue weighted by atomic mass is 32.2. The Morgan fingerprint density at radius 2 is 2.13 bits per heavy atom. The number of ether oxygens (including phenoxy) is 2. The number of aliphatic imine (C=N–C) groups is 1. The summed E-state index contributed by atoms with van der Waals surface area (Å²) in [6.45, 7) is 1.08. The second kappa shape index (κ2) is 8.81. The van der Waals surface area contributed by atoms with Gasteiger partial charge in [0.15, 0.2) is 17.5 Å². The lowest BCUT2D eigenvalue weighted by molar-refractivity contribution is -0.0520. The summed E-state index contributed by atoms with van der Waals surface area (Å²) in [6.07, 6.45) is 0. The lowest BCUT2D eigenvalue weighted by Crippen LogP contribution is -2.42. The topological polar surface area (TPSA) is 60.1 Å². The monoisotopic (exact) mass is 345 g/mol. The number of hydrogen-bond donors (Lipinski definition) is 1. The smallest absolute Gasteiger partial charge is 0.387 e. The summed E-state index contributed by atoms with van der Waals surface area (Å²) in [7, 11) is 0. The van der Waals surface area contributed by atoms with Gasteiger partial charge in [-0.1, -0.05) is 12.1 Å². The summed E-state index contributed by atoms with van der Waals surface area (Å²) >= 11 is 1.88. The van der Waals surface area contributed by atoms with E-state index in [1.54, 1.807) is 25.1 Å². The van der Waals surface area contributed by atoms with Crippen LogP contribution in [0.1, 0.15) is 12.5 Å². The zero-order valence-corrected chi connectivity index (χ0v) is 13.8. The van der Waals surface area contributed by atoms with Gasteiger partial charge in [-0.05, 0) is 13.0 Å². The second-order valence-corrected chi connectivity index (χ2v) is 6.05. The van der Waals surface area contributed by atoms with Crippen molar-refractivity contribution in [2.45, 2.75) is 20.1 Å². The number of alkyl halides is 2. The molecule has 2 rings (SSSR count). The molecule has 1 aliphatic heterocycles. The van der Waals surface area contributed by atoms with E-state index in [4.69, 9.17) is 10.5 Å². The van der Waals surface area contributed by atoms with Crippen LogP contribution in [-0.4, -0.2) is 48.7 Å². The number of rotatable bonds is 6. The first-order valence-electron chi connectivity index (χ1n) is 7.44. The Morgan fingerprint density at radius 1 is 1.39 bits per heavy atom. The van der Waals surface area contributed by atoms with E-state index >= 15 is 0 Å². The molecule has 2 N–H and O–H groups in total. The molecule has 1 fully saturated rings. The van der Waals surface area contributed by atoms with Crippen LogP contribution < -0.4 is 15.2 Å². The fourth-order valence-electron chi connectivity index (χ4n) is 2.24. The van der Waals surface area contributed by atoms with Gasteiger partial charge in [-0.3, -0.25) is 0 Å². The SMILES string of the molecule is CCOc1cccc(CN=C(N)N2CCSCC2)c1OC(F)F. The van der Waals surface area contributed by atoms with Crippen molar-refractivity contribution in [2.24, 2.45) is 10.7 Å². The molecule has 0 atom stereocenters.